The fraction of sp³-hybridized carbons (Fsp3) is 0.441. The van der Waals surface area contributed by atoms with E-state index in [9.17, 15) is 0 Å². The quantitative estimate of drug-likeness (QED) is 0.0827. The average Bonchev–Trinajstić information content (AvgIpc) is 3.62. The van der Waals surface area contributed by atoms with E-state index in [1.165, 1.54) is 51.0 Å². The molecule has 4 heterocycles. The van der Waals surface area contributed by atoms with Gasteiger partial charge in [-0.2, -0.15) is 5.10 Å². The highest BCUT2D eigenvalue weighted by molar-refractivity contribution is 14.2. The summed E-state index contributed by atoms with van der Waals surface area (Å²) >= 11 is 1.57. The van der Waals surface area contributed by atoms with Crippen LogP contribution in [0.25, 0.3) is 25.1 Å². The van der Waals surface area contributed by atoms with E-state index in [1.54, 1.807) is 14.8 Å². The summed E-state index contributed by atoms with van der Waals surface area (Å²) in [6.45, 7) is 13.4. The molecule has 0 radical (unpaired) electrons. The lowest BCUT2D eigenvalue weighted by molar-refractivity contribution is 0.477. The molecule has 0 aliphatic carbocycles. The number of nitrogens with zero attached hydrogens (tertiary/aromatic N) is 2. The fourth-order valence-corrected chi connectivity index (χ4v) is 9.83. The van der Waals surface area contributed by atoms with Gasteiger partial charge < -0.3 is 16.4 Å². The Balaban J connectivity index is 1.35. The zero-order valence-electron chi connectivity index (χ0n) is 25.6. The largest absolute Gasteiger partial charge is 0.397 e. The number of halogens is 1. The Labute approximate surface area is 264 Å². The maximum Gasteiger partial charge on any atom is 0.181 e. The molecule has 5 rings (SSSR count). The number of thiophene rings is 1. The standard InChI is InChI=1S/C34H45IN6S/c1-6-8-10-21(3)18-37-20-26-15-24(7-2)16-29(35-26)25-17-28-33(40-41-34(28)38-19-25)23(5)39-30-12-9-11-27(32(30)36)31-14-13-22(4)42-31/h9,11-14,16-17,19,21,23-24,37,39H,6-8,10,15,18,20,36H2,1-5H3,(H,38,40,41). The number of benzene rings is 1. The lowest BCUT2D eigenvalue weighted by Crippen LogP contribution is -2.28. The van der Waals surface area contributed by atoms with Crippen molar-refractivity contribution in [2.75, 3.05) is 24.1 Å². The number of hydrogen-bond acceptors (Lipinski definition) is 6. The smallest absolute Gasteiger partial charge is 0.181 e. The van der Waals surface area contributed by atoms with Crippen molar-refractivity contribution >= 4 is 61.6 Å². The van der Waals surface area contributed by atoms with Crippen LogP contribution >= 0.6 is 32.1 Å². The number of fused-ring (bicyclic) bond motifs is 1. The van der Waals surface area contributed by atoms with Gasteiger partial charge in [-0.25, -0.2) is 4.98 Å². The monoisotopic (exact) mass is 696 g/mol. The molecule has 6 nitrogen and oxygen atoms in total. The summed E-state index contributed by atoms with van der Waals surface area (Å²) in [4.78, 5) is 7.26. The van der Waals surface area contributed by atoms with Gasteiger partial charge in [-0.1, -0.05) is 72.6 Å². The first-order valence-corrected chi connectivity index (χ1v) is 18.3. The molecule has 8 heteroatoms. The molecule has 0 fully saturated rings. The first-order chi connectivity index (χ1) is 20.4. The van der Waals surface area contributed by atoms with Gasteiger partial charge in [-0.3, -0.25) is 5.10 Å². The van der Waals surface area contributed by atoms with E-state index in [1.807, 2.05) is 6.20 Å². The molecule has 1 aliphatic heterocycles. The minimum Gasteiger partial charge on any atom is -0.397 e. The van der Waals surface area contributed by atoms with Crippen LogP contribution in [-0.4, -0.2) is 31.8 Å². The molecule has 0 spiro atoms. The minimum atomic E-state index is -0.197. The number of nitrogens with one attached hydrogen (secondary N) is 3. The molecule has 5 N–H and O–H groups in total. The lowest BCUT2D eigenvalue weighted by atomic mass is 9.98. The van der Waals surface area contributed by atoms with E-state index in [-0.39, 0.29) is 26.8 Å². The second-order valence-corrected chi connectivity index (χ2v) is 16.2. The number of aromatic amines is 1. The van der Waals surface area contributed by atoms with Gasteiger partial charge >= 0.3 is 0 Å². The lowest BCUT2D eigenvalue weighted by Gasteiger charge is -2.22. The molecule has 0 amide bonds. The van der Waals surface area contributed by atoms with Gasteiger partial charge in [0.05, 0.1) is 23.1 Å². The van der Waals surface area contributed by atoms with Gasteiger partial charge in [0, 0.05) is 42.6 Å². The predicted molar refractivity (Wildman–Crippen MR) is 192 cm³/mol. The van der Waals surface area contributed by atoms with Crippen LogP contribution in [0.1, 0.15) is 82.0 Å². The average molecular weight is 697 g/mol. The summed E-state index contributed by atoms with van der Waals surface area (Å²) in [5.41, 5.74) is 12.5. The van der Waals surface area contributed by atoms with Gasteiger partial charge in [-0.15, -0.1) is 11.3 Å². The van der Waals surface area contributed by atoms with Crippen molar-refractivity contribution in [3.05, 3.63) is 64.8 Å². The highest BCUT2D eigenvalue weighted by Gasteiger charge is 2.20. The Kier molecular flexibility index (Phi) is 10.5. The number of nitrogens with two attached hydrogens (primary N) is 1. The SMILES string of the molecule is CCCCC(C)CNCC1=IC(c2cnc3n[nH]c(C(C)Nc4cccc(-c5ccc(C)s5)c4N)c3c2)=CC(CC)C1. The number of hydrogen-bond donors (Lipinski definition) is 4. The highest BCUT2D eigenvalue weighted by atomic mass is 127. The van der Waals surface area contributed by atoms with Crippen LogP contribution in [0.3, 0.4) is 0 Å². The van der Waals surface area contributed by atoms with Crippen molar-refractivity contribution < 1.29 is 0 Å². The van der Waals surface area contributed by atoms with E-state index < -0.39 is 0 Å². The Hall–Kier alpha value is -2.56. The van der Waals surface area contributed by atoms with Crippen LogP contribution in [0.15, 0.2) is 48.7 Å². The van der Waals surface area contributed by atoms with Gasteiger partial charge in [0.2, 0.25) is 0 Å². The molecule has 0 saturated heterocycles. The number of rotatable bonds is 13. The Bertz CT molecular complexity index is 1570. The maximum atomic E-state index is 6.67. The van der Waals surface area contributed by atoms with Crippen molar-refractivity contribution in [1.29, 1.82) is 0 Å². The molecule has 42 heavy (non-hydrogen) atoms. The summed E-state index contributed by atoms with van der Waals surface area (Å²) < 4.78 is 3.20. The van der Waals surface area contributed by atoms with Crippen LogP contribution in [0.4, 0.5) is 11.4 Å². The first-order valence-electron chi connectivity index (χ1n) is 15.3. The number of allylic oxidation sites excluding steroid dienone is 1. The Morgan fingerprint density at radius 1 is 1.19 bits per heavy atom. The van der Waals surface area contributed by atoms with Crippen molar-refractivity contribution in [1.82, 2.24) is 20.5 Å². The first kappa shape index (κ1) is 30.9. The molecule has 4 aromatic rings. The number of para-hydroxylation sites is 1. The van der Waals surface area contributed by atoms with Crippen LogP contribution in [-0.2, 0) is 0 Å². The molecule has 0 bridgehead atoms. The van der Waals surface area contributed by atoms with E-state index in [0.717, 1.165) is 52.7 Å². The van der Waals surface area contributed by atoms with Gasteiger partial charge in [-0.05, 0) is 79.3 Å². The topological polar surface area (TPSA) is 91.6 Å². The third-order valence-corrected chi connectivity index (χ3v) is 12.3. The summed E-state index contributed by atoms with van der Waals surface area (Å²) in [6.07, 6.45) is 10.9. The molecule has 3 aromatic heterocycles. The zero-order valence-corrected chi connectivity index (χ0v) is 28.5. The number of unbranched alkanes of at least 4 members (excludes halogenated alkanes) is 1. The molecular formula is C34H45IN6S. The second kappa shape index (κ2) is 14.3. The summed E-state index contributed by atoms with van der Waals surface area (Å²) in [6, 6.07) is 12.8. The predicted octanol–water partition coefficient (Wildman–Crippen LogP) is 9.08. The molecule has 0 saturated carbocycles. The van der Waals surface area contributed by atoms with Gasteiger partial charge in [0.25, 0.3) is 0 Å². The normalized spacial score (nSPS) is 16.9. The maximum absolute atomic E-state index is 6.67. The summed E-state index contributed by atoms with van der Waals surface area (Å²) in [7, 11) is 0. The van der Waals surface area contributed by atoms with Gasteiger partial charge in [0.15, 0.2) is 5.65 Å². The number of nitrogen functional groups attached to an aromatic ring is 1. The molecular weight excluding hydrogens is 651 g/mol. The number of aryl methyl sites for hydroxylation is 1. The number of pyridine rings is 1. The van der Waals surface area contributed by atoms with E-state index in [4.69, 9.17) is 10.7 Å². The van der Waals surface area contributed by atoms with Crippen molar-refractivity contribution in [2.24, 2.45) is 11.8 Å². The van der Waals surface area contributed by atoms with Crippen molar-refractivity contribution in [3.63, 3.8) is 0 Å². The molecule has 3 atom stereocenters. The van der Waals surface area contributed by atoms with Crippen molar-refractivity contribution in [3.8, 4) is 10.4 Å². The summed E-state index contributed by atoms with van der Waals surface area (Å²) in [5, 5.41) is 16.3. The van der Waals surface area contributed by atoms with E-state index in [2.05, 4.69) is 97.9 Å². The van der Waals surface area contributed by atoms with Crippen LogP contribution in [0, 0.1) is 18.8 Å². The van der Waals surface area contributed by atoms with Crippen LogP contribution < -0.4 is 16.4 Å². The molecule has 1 aliphatic rings. The number of aromatic nitrogens is 3. The van der Waals surface area contributed by atoms with Crippen LogP contribution in [0.5, 0.6) is 0 Å². The van der Waals surface area contributed by atoms with Crippen LogP contribution in [0.2, 0.25) is 0 Å². The number of H-pyrrole nitrogens is 1. The third-order valence-electron chi connectivity index (χ3n) is 8.12. The third kappa shape index (κ3) is 7.32. The highest BCUT2D eigenvalue weighted by Crippen LogP contribution is 2.39. The Morgan fingerprint density at radius 2 is 2.05 bits per heavy atom. The summed E-state index contributed by atoms with van der Waals surface area (Å²) in [5.74, 6) is 1.34. The Morgan fingerprint density at radius 3 is 2.81 bits per heavy atom. The van der Waals surface area contributed by atoms with E-state index in [0.29, 0.717) is 5.92 Å². The minimum absolute atomic E-state index is 0.0193. The fourth-order valence-electron chi connectivity index (χ4n) is 5.56. The number of anilines is 2. The molecule has 3 unspecified atom stereocenters. The molecule has 1 aromatic carbocycles. The zero-order chi connectivity index (χ0) is 29.6. The second-order valence-electron chi connectivity index (χ2n) is 11.7. The van der Waals surface area contributed by atoms with Crippen molar-refractivity contribution in [2.45, 2.75) is 72.8 Å². The molecule has 224 valence electrons. The van der Waals surface area contributed by atoms with Gasteiger partial charge in [0.1, 0.15) is 0 Å². The van der Waals surface area contributed by atoms with E-state index >= 15 is 0 Å².